The minimum Gasteiger partial charge on any atom is -0.496 e. The van der Waals surface area contributed by atoms with E-state index in [1.165, 1.54) is 0 Å². The van der Waals surface area contributed by atoms with Crippen molar-refractivity contribution in [3.8, 4) is 5.75 Å². The van der Waals surface area contributed by atoms with Crippen molar-refractivity contribution in [1.29, 1.82) is 0 Å². The molecular formula is C20H20N4O3S. The fourth-order valence-electron chi connectivity index (χ4n) is 2.59. The summed E-state index contributed by atoms with van der Waals surface area (Å²) < 4.78 is 5.22. The molecule has 1 heterocycles. The second-order valence-corrected chi connectivity index (χ2v) is 7.02. The Hall–Kier alpha value is -3.39. The lowest BCUT2D eigenvalue weighted by Gasteiger charge is -2.08. The van der Waals surface area contributed by atoms with Crippen LogP contribution in [0, 0.1) is 13.8 Å². The molecule has 7 nitrogen and oxygen atoms in total. The van der Waals surface area contributed by atoms with E-state index >= 15 is 0 Å². The van der Waals surface area contributed by atoms with Gasteiger partial charge in [-0.3, -0.25) is 10.1 Å². The lowest BCUT2D eigenvalue weighted by molar-refractivity contribution is 0.102. The SMILES string of the molecule is COc1ccc(NC(=O)c2sc(NC(=O)Nc3ccccc3)nc2C)cc1C. The fourth-order valence-corrected chi connectivity index (χ4v) is 3.44. The first-order chi connectivity index (χ1) is 13.5. The maximum absolute atomic E-state index is 12.6. The van der Waals surface area contributed by atoms with Crippen molar-refractivity contribution in [3.05, 3.63) is 64.7 Å². The third-order valence-electron chi connectivity index (χ3n) is 3.91. The highest BCUT2D eigenvalue weighted by molar-refractivity contribution is 7.17. The number of thiazole rings is 1. The number of methoxy groups -OCH3 is 1. The second kappa shape index (κ2) is 8.53. The molecule has 0 spiro atoms. The molecule has 0 aliphatic rings. The third kappa shape index (κ3) is 4.66. The lowest BCUT2D eigenvalue weighted by Crippen LogP contribution is -2.19. The van der Waals surface area contributed by atoms with Crippen LogP contribution in [0.4, 0.5) is 21.3 Å². The number of anilines is 3. The van der Waals surface area contributed by atoms with Crippen molar-refractivity contribution >= 4 is 39.8 Å². The maximum Gasteiger partial charge on any atom is 0.325 e. The van der Waals surface area contributed by atoms with Crippen molar-refractivity contribution in [3.63, 3.8) is 0 Å². The van der Waals surface area contributed by atoms with Gasteiger partial charge in [0.2, 0.25) is 0 Å². The van der Waals surface area contributed by atoms with Crippen LogP contribution in [0.5, 0.6) is 5.75 Å². The first-order valence-electron chi connectivity index (χ1n) is 8.52. The Morgan fingerprint density at radius 1 is 0.964 bits per heavy atom. The Morgan fingerprint density at radius 3 is 2.39 bits per heavy atom. The van der Waals surface area contributed by atoms with Gasteiger partial charge >= 0.3 is 6.03 Å². The lowest BCUT2D eigenvalue weighted by atomic mass is 10.2. The van der Waals surface area contributed by atoms with Crippen LogP contribution in [-0.2, 0) is 0 Å². The first-order valence-corrected chi connectivity index (χ1v) is 9.34. The highest BCUT2D eigenvalue weighted by Gasteiger charge is 2.17. The van der Waals surface area contributed by atoms with Gasteiger partial charge in [0.15, 0.2) is 5.13 Å². The van der Waals surface area contributed by atoms with Crippen LogP contribution < -0.4 is 20.7 Å². The highest BCUT2D eigenvalue weighted by Crippen LogP contribution is 2.26. The minimum absolute atomic E-state index is 0.281. The van der Waals surface area contributed by atoms with E-state index in [0.717, 1.165) is 22.6 Å². The quantitative estimate of drug-likeness (QED) is 0.585. The summed E-state index contributed by atoms with van der Waals surface area (Å²) in [6, 6.07) is 14.1. The number of amides is 3. The van der Waals surface area contributed by atoms with Crippen LogP contribution in [-0.4, -0.2) is 24.0 Å². The van der Waals surface area contributed by atoms with Gasteiger partial charge in [-0.1, -0.05) is 29.5 Å². The van der Waals surface area contributed by atoms with E-state index in [1.807, 2.05) is 31.2 Å². The van der Waals surface area contributed by atoms with Gasteiger partial charge in [-0.2, -0.15) is 0 Å². The number of benzene rings is 2. The highest BCUT2D eigenvalue weighted by atomic mass is 32.1. The first kappa shape index (κ1) is 19.4. The summed E-state index contributed by atoms with van der Waals surface area (Å²) in [6.45, 7) is 3.63. The van der Waals surface area contributed by atoms with Gasteiger partial charge in [-0.25, -0.2) is 9.78 Å². The van der Waals surface area contributed by atoms with Crippen molar-refractivity contribution in [1.82, 2.24) is 4.98 Å². The van der Waals surface area contributed by atoms with Crippen molar-refractivity contribution in [2.45, 2.75) is 13.8 Å². The summed E-state index contributed by atoms with van der Waals surface area (Å²) in [5, 5.41) is 8.56. The smallest absolute Gasteiger partial charge is 0.325 e. The molecule has 0 saturated heterocycles. The average Bonchev–Trinajstić information content (AvgIpc) is 3.02. The zero-order valence-electron chi connectivity index (χ0n) is 15.7. The number of aryl methyl sites for hydroxylation is 2. The van der Waals surface area contributed by atoms with Crippen molar-refractivity contribution in [2.75, 3.05) is 23.1 Å². The standard InChI is InChI=1S/C20H20N4O3S/c1-12-11-15(9-10-16(12)27-3)22-18(25)17-13(2)21-20(28-17)24-19(26)23-14-7-5-4-6-8-14/h4-11H,1-3H3,(H,22,25)(H2,21,23,24,26). The number of carbonyl (C=O) groups is 2. The molecule has 3 aromatic rings. The van der Waals surface area contributed by atoms with Crippen LogP contribution in [0.2, 0.25) is 0 Å². The van der Waals surface area contributed by atoms with Gasteiger partial charge < -0.3 is 15.4 Å². The predicted octanol–water partition coefficient (Wildman–Crippen LogP) is 4.66. The van der Waals surface area contributed by atoms with Gasteiger partial charge in [0.25, 0.3) is 5.91 Å². The molecule has 0 radical (unpaired) electrons. The van der Waals surface area contributed by atoms with Gasteiger partial charge in [0, 0.05) is 11.4 Å². The molecule has 0 atom stereocenters. The maximum atomic E-state index is 12.6. The molecule has 0 saturated carbocycles. The molecule has 0 aliphatic heterocycles. The summed E-state index contributed by atoms with van der Waals surface area (Å²) in [6.07, 6.45) is 0. The fraction of sp³-hybridized carbons (Fsp3) is 0.150. The Kier molecular flexibility index (Phi) is 5.90. The van der Waals surface area contributed by atoms with Gasteiger partial charge in [-0.15, -0.1) is 0 Å². The van der Waals surface area contributed by atoms with E-state index < -0.39 is 6.03 Å². The predicted molar refractivity (Wildman–Crippen MR) is 112 cm³/mol. The Morgan fingerprint density at radius 2 is 1.71 bits per heavy atom. The monoisotopic (exact) mass is 396 g/mol. The van der Waals surface area contributed by atoms with Crippen molar-refractivity contribution < 1.29 is 14.3 Å². The number of aromatic nitrogens is 1. The minimum atomic E-state index is -0.419. The normalized spacial score (nSPS) is 10.2. The second-order valence-electron chi connectivity index (χ2n) is 6.02. The number of rotatable bonds is 5. The summed E-state index contributed by atoms with van der Waals surface area (Å²) in [5.74, 6) is 0.471. The van der Waals surface area contributed by atoms with E-state index in [1.54, 1.807) is 38.3 Å². The third-order valence-corrected chi connectivity index (χ3v) is 4.98. The van der Waals surface area contributed by atoms with Crippen LogP contribution in [0.1, 0.15) is 20.9 Å². The summed E-state index contributed by atoms with van der Waals surface area (Å²) in [5.41, 5.74) is 2.79. The molecule has 3 N–H and O–H groups in total. The molecule has 0 aliphatic carbocycles. The van der Waals surface area contributed by atoms with Crippen LogP contribution >= 0.6 is 11.3 Å². The zero-order valence-corrected chi connectivity index (χ0v) is 16.5. The molecule has 0 fully saturated rings. The Balaban J connectivity index is 1.66. The summed E-state index contributed by atoms with van der Waals surface area (Å²) >= 11 is 1.12. The van der Waals surface area contributed by atoms with E-state index in [2.05, 4.69) is 20.9 Å². The van der Waals surface area contributed by atoms with E-state index in [4.69, 9.17) is 4.74 Å². The van der Waals surface area contributed by atoms with Gasteiger partial charge in [0.05, 0.1) is 12.8 Å². The number of nitrogens with zero attached hydrogens (tertiary/aromatic N) is 1. The van der Waals surface area contributed by atoms with E-state index in [9.17, 15) is 9.59 Å². The number of urea groups is 1. The average molecular weight is 396 g/mol. The van der Waals surface area contributed by atoms with Crippen LogP contribution in [0.3, 0.4) is 0 Å². The Bertz CT molecular complexity index is 1000. The van der Waals surface area contributed by atoms with Crippen molar-refractivity contribution in [2.24, 2.45) is 0 Å². The summed E-state index contributed by atoms with van der Waals surface area (Å²) in [7, 11) is 1.60. The van der Waals surface area contributed by atoms with Crippen LogP contribution in [0.25, 0.3) is 0 Å². The number of ether oxygens (including phenoxy) is 1. The molecule has 8 heteroatoms. The van der Waals surface area contributed by atoms with E-state index in [0.29, 0.717) is 27.1 Å². The number of para-hydroxylation sites is 1. The number of hydrogen-bond donors (Lipinski definition) is 3. The number of hydrogen-bond acceptors (Lipinski definition) is 5. The molecule has 0 bridgehead atoms. The molecular weight excluding hydrogens is 376 g/mol. The molecule has 1 aromatic heterocycles. The summed E-state index contributed by atoms with van der Waals surface area (Å²) in [4.78, 5) is 29.4. The molecule has 3 amide bonds. The molecule has 28 heavy (non-hydrogen) atoms. The molecule has 144 valence electrons. The Labute approximate surface area is 166 Å². The number of carbonyl (C=O) groups excluding carboxylic acids is 2. The molecule has 0 unspecified atom stereocenters. The van der Waals surface area contributed by atoms with Gasteiger partial charge in [-0.05, 0) is 49.7 Å². The number of nitrogens with one attached hydrogen (secondary N) is 3. The van der Waals surface area contributed by atoms with Crippen LogP contribution in [0.15, 0.2) is 48.5 Å². The topological polar surface area (TPSA) is 92.4 Å². The van der Waals surface area contributed by atoms with E-state index in [-0.39, 0.29) is 5.91 Å². The zero-order chi connectivity index (χ0) is 20.1. The molecule has 2 aromatic carbocycles. The largest absolute Gasteiger partial charge is 0.496 e. The molecule has 3 rings (SSSR count). The van der Waals surface area contributed by atoms with Gasteiger partial charge in [0.1, 0.15) is 10.6 Å².